The van der Waals surface area contributed by atoms with Crippen LogP contribution in [0.5, 0.6) is 5.75 Å². The SMILES string of the molecule is CC(NC(=O)c1ccn(COc2ccc(Cl)cc2Br)n1)c1ccc(-n2cccc2)cc1. The summed E-state index contributed by atoms with van der Waals surface area (Å²) in [5.41, 5.74) is 2.41. The molecule has 2 aromatic heterocycles. The maximum absolute atomic E-state index is 12.6. The van der Waals surface area contributed by atoms with Gasteiger partial charge in [0.25, 0.3) is 5.91 Å². The van der Waals surface area contributed by atoms with E-state index in [1.54, 1.807) is 35.1 Å². The van der Waals surface area contributed by atoms with Crippen molar-refractivity contribution in [2.24, 2.45) is 0 Å². The minimum atomic E-state index is -0.242. The second kappa shape index (κ2) is 9.41. The molecule has 0 spiro atoms. The summed E-state index contributed by atoms with van der Waals surface area (Å²) < 4.78 is 10.1. The zero-order valence-corrected chi connectivity index (χ0v) is 19.0. The first-order valence-electron chi connectivity index (χ1n) is 9.65. The van der Waals surface area contributed by atoms with Crippen molar-refractivity contribution in [2.45, 2.75) is 19.7 Å². The van der Waals surface area contributed by atoms with Crippen molar-refractivity contribution in [3.05, 3.63) is 100 Å². The number of aromatic nitrogens is 3. The number of halogens is 2. The van der Waals surface area contributed by atoms with Crippen LogP contribution in [-0.4, -0.2) is 20.3 Å². The van der Waals surface area contributed by atoms with Crippen molar-refractivity contribution in [2.75, 3.05) is 0 Å². The van der Waals surface area contributed by atoms with Crippen LogP contribution in [0.1, 0.15) is 29.0 Å². The fourth-order valence-corrected chi connectivity index (χ4v) is 3.88. The molecule has 158 valence electrons. The first-order valence-corrected chi connectivity index (χ1v) is 10.8. The highest BCUT2D eigenvalue weighted by Gasteiger charge is 2.14. The molecule has 0 aliphatic heterocycles. The molecule has 0 saturated carbocycles. The zero-order valence-electron chi connectivity index (χ0n) is 16.7. The topological polar surface area (TPSA) is 61.1 Å². The van der Waals surface area contributed by atoms with Crippen molar-refractivity contribution < 1.29 is 9.53 Å². The molecule has 1 atom stereocenters. The highest BCUT2D eigenvalue weighted by molar-refractivity contribution is 9.10. The zero-order chi connectivity index (χ0) is 21.8. The largest absolute Gasteiger partial charge is 0.470 e. The molecule has 0 fully saturated rings. The molecule has 0 bridgehead atoms. The van der Waals surface area contributed by atoms with Gasteiger partial charge in [0, 0.05) is 29.3 Å². The number of carbonyl (C=O) groups excluding carboxylic acids is 1. The van der Waals surface area contributed by atoms with Gasteiger partial charge in [-0.1, -0.05) is 23.7 Å². The molecule has 0 radical (unpaired) electrons. The maximum Gasteiger partial charge on any atom is 0.272 e. The van der Waals surface area contributed by atoms with E-state index >= 15 is 0 Å². The van der Waals surface area contributed by atoms with E-state index in [9.17, 15) is 4.79 Å². The van der Waals surface area contributed by atoms with Gasteiger partial charge in [-0.2, -0.15) is 5.10 Å². The molecule has 0 aliphatic rings. The first-order chi connectivity index (χ1) is 15.0. The molecule has 1 unspecified atom stereocenters. The molecular formula is C23H20BrClN4O2. The third-order valence-electron chi connectivity index (χ3n) is 4.76. The quantitative estimate of drug-likeness (QED) is 0.359. The molecule has 0 saturated heterocycles. The molecule has 6 nitrogen and oxygen atoms in total. The van der Waals surface area contributed by atoms with E-state index in [1.807, 2.05) is 60.3 Å². The van der Waals surface area contributed by atoms with Gasteiger partial charge in [0.1, 0.15) is 11.4 Å². The van der Waals surface area contributed by atoms with Crippen LogP contribution < -0.4 is 10.1 Å². The van der Waals surface area contributed by atoms with Crippen LogP contribution in [-0.2, 0) is 6.73 Å². The van der Waals surface area contributed by atoms with Crippen molar-refractivity contribution >= 4 is 33.4 Å². The van der Waals surface area contributed by atoms with Gasteiger partial charge < -0.3 is 14.6 Å². The number of hydrogen-bond donors (Lipinski definition) is 1. The van der Waals surface area contributed by atoms with Crippen LogP contribution in [0.4, 0.5) is 0 Å². The Kier molecular flexibility index (Phi) is 6.44. The fraction of sp³-hybridized carbons (Fsp3) is 0.130. The Bertz CT molecular complexity index is 1170. The van der Waals surface area contributed by atoms with Gasteiger partial charge in [0.15, 0.2) is 6.73 Å². The van der Waals surface area contributed by atoms with Crippen molar-refractivity contribution in [3.63, 3.8) is 0 Å². The van der Waals surface area contributed by atoms with Crippen molar-refractivity contribution in [1.29, 1.82) is 0 Å². The lowest BCUT2D eigenvalue weighted by Crippen LogP contribution is -2.27. The third kappa shape index (κ3) is 5.18. The van der Waals surface area contributed by atoms with E-state index in [-0.39, 0.29) is 18.7 Å². The Labute approximate surface area is 193 Å². The molecule has 2 heterocycles. The van der Waals surface area contributed by atoms with Gasteiger partial charge in [-0.3, -0.25) is 4.79 Å². The predicted molar refractivity (Wildman–Crippen MR) is 124 cm³/mol. The summed E-state index contributed by atoms with van der Waals surface area (Å²) >= 11 is 9.35. The smallest absolute Gasteiger partial charge is 0.272 e. The molecule has 4 aromatic rings. The summed E-state index contributed by atoms with van der Waals surface area (Å²) in [5, 5.41) is 7.90. The van der Waals surface area contributed by atoms with E-state index in [1.165, 1.54) is 0 Å². The van der Waals surface area contributed by atoms with Crippen LogP contribution in [0.2, 0.25) is 5.02 Å². The monoisotopic (exact) mass is 498 g/mol. The van der Waals surface area contributed by atoms with Crippen LogP contribution >= 0.6 is 27.5 Å². The molecule has 1 amide bonds. The van der Waals surface area contributed by atoms with Crippen LogP contribution in [0.25, 0.3) is 5.69 Å². The van der Waals surface area contributed by atoms with Gasteiger partial charge in [0.05, 0.1) is 10.5 Å². The average molecular weight is 500 g/mol. The minimum Gasteiger partial charge on any atom is -0.470 e. The highest BCUT2D eigenvalue weighted by Crippen LogP contribution is 2.28. The summed E-state index contributed by atoms with van der Waals surface area (Å²) in [7, 11) is 0. The first kappa shape index (κ1) is 21.2. The summed E-state index contributed by atoms with van der Waals surface area (Å²) in [6.07, 6.45) is 5.69. The van der Waals surface area contributed by atoms with E-state index in [0.29, 0.717) is 16.5 Å². The summed E-state index contributed by atoms with van der Waals surface area (Å²) in [4.78, 5) is 12.6. The average Bonchev–Trinajstić information content (AvgIpc) is 3.46. The molecule has 8 heteroatoms. The van der Waals surface area contributed by atoms with E-state index < -0.39 is 0 Å². The lowest BCUT2D eigenvalue weighted by Gasteiger charge is -2.14. The normalized spacial score (nSPS) is 11.8. The molecule has 0 aliphatic carbocycles. The van der Waals surface area contributed by atoms with E-state index in [0.717, 1.165) is 15.7 Å². The van der Waals surface area contributed by atoms with Gasteiger partial charge in [-0.15, -0.1) is 0 Å². The number of ether oxygens (including phenoxy) is 1. The fourth-order valence-electron chi connectivity index (χ4n) is 3.08. The Balaban J connectivity index is 1.35. The number of carbonyl (C=O) groups is 1. The number of amides is 1. The Hall–Kier alpha value is -3.03. The van der Waals surface area contributed by atoms with E-state index in [4.69, 9.17) is 16.3 Å². The number of nitrogens with zero attached hydrogens (tertiary/aromatic N) is 3. The van der Waals surface area contributed by atoms with Crippen LogP contribution in [0, 0.1) is 0 Å². The Morgan fingerprint density at radius 3 is 2.58 bits per heavy atom. The molecule has 1 N–H and O–H groups in total. The van der Waals surface area contributed by atoms with Gasteiger partial charge >= 0.3 is 0 Å². The molecule has 4 rings (SSSR count). The van der Waals surface area contributed by atoms with Gasteiger partial charge in [-0.05, 0) is 76.9 Å². The summed E-state index contributed by atoms with van der Waals surface area (Å²) in [6, 6.07) is 18.8. The number of benzene rings is 2. The summed E-state index contributed by atoms with van der Waals surface area (Å²) in [5.74, 6) is 0.399. The minimum absolute atomic E-state index is 0.155. The Morgan fingerprint density at radius 2 is 1.87 bits per heavy atom. The third-order valence-corrected chi connectivity index (χ3v) is 5.62. The second-order valence-corrected chi connectivity index (χ2v) is 8.26. The molecule has 31 heavy (non-hydrogen) atoms. The van der Waals surface area contributed by atoms with Gasteiger partial charge in [-0.25, -0.2) is 4.68 Å². The van der Waals surface area contributed by atoms with Crippen LogP contribution in [0.15, 0.2) is 83.7 Å². The van der Waals surface area contributed by atoms with Crippen molar-refractivity contribution in [3.8, 4) is 11.4 Å². The maximum atomic E-state index is 12.6. The second-order valence-electron chi connectivity index (χ2n) is 6.97. The summed E-state index contributed by atoms with van der Waals surface area (Å²) in [6.45, 7) is 2.12. The van der Waals surface area contributed by atoms with Gasteiger partial charge in [0.2, 0.25) is 0 Å². The molecule has 2 aromatic carbocycles. The number of hydrogen-bond acceptors (Lipinski definition) is 3. The lowest BCUT2D eigenvalue weighted by atomic mass is 10.1. The number of nitrogens with one attached hydrogen (secondary N) is 1. The van der Waals surface area contributed by atoms with E-state index in [2.05, 4.69) is 26.3 Å². The Morgan fingerprint density at radius 1 is 1.13 bits per heavy atom. The number of rotatable bonds is 7. The predicted octanol–water partition coefficient (Wildman–Crippen LogP) is 5.62. The lowest BCUT2D eigenvalue weighted by molar-refractivity contribution is 0.0932. The molecular weight excluding hydrogens is 480 g/mol. The highest BCUT2D eigenvalue weighted by atomic mass is 79.9. The van der Waals surface area contributed by atoms with Crippen molar-refractivity contribution in [1.82, 2.24) is 19.7 Å². The van der Waals surface area contributed by atoms with Crippen LogP contribution in [0.3, 0.4) is 0 Å². The standard InChI is InChI=1S/C23H20BrClN4O2/c1-16(17-4-7-19(8-5-17)28-11-2-3-12-28)26-23(30)21-10-13-29(27-21)15-31-22-9-6-18(25)14-20(22)24/h2-14,16H,15H2,1H3,(H,26,30).